The van der Waals surface area contributed by atoms with Crippen LogP contribution in [0.3, 0.4) is 0 Å². The van der Waals surface area contributed by atoms with Gasteiger partial charge in [0.25, 0.3) is 0 Å². The first-order valence-electron chi connectivity index (χ1n) is 6.97. The van der Waals surface area contributed by atoms with Crippen LogP contribution in [0.5, 0.6) is 0 Å². The SMILES string of the molecule is Cc1ccc(NC=C(C#N)c2nc3ccccc3o2)c(C)c1. The van der Waals surface area contributed by atoms with Gasteiger partial charge in [-0.15, -0.1) is 0 Å². The van der Waals surface area contributed by atoms with Crippen molar-refractivity contribution >= 4 is 22.4 Å². The van der Waals surface area contributed by atoms with Gasteiger partial charge in [-0.05, 0) is 37.6 Å². The number of nitrogens with zero attached hydrogens (tertiary/aromatic N) is 2. The molecule has 22 heavy (non-hydrogen) atoms. The van der Waals surface area contributed by atoms with E-state index in [0.29, 0.717) is 17.0 Å². The van der Waals surface area contributed by atoms with Gasteiger partial charge in [-0.1, -0.05) is 29.8 Å². The Morgan fingerprint density at radius 3 is 2.77 bits per heavy atom. The zero-order chi connectivity index (χ0) is 15.5. The van der Waals surface area contributed by atoms with Gasteiger partial charge < -0.3 is 9.73 Å². The lowest BCUT2D eigenvalue weighted by Crippen LogP contribution is -1.94. The molecule has 4 nitrogen and oxygen atoms in total. The number of oxazole rings is 1. The van der Waals surface area contributed by atoms with E-state index in [1.54, 1.807) is 6.20 Å². The number of hydrogen-bond acceptors (Lipinski definition) is 4. The smallest absolute Gasteiger partial charge is 0.239 e. The highest BCUT2D eigenvalue weighted by Crippen LogP contribution is 2.21. The van der Waals surface area contributed by atoms with Crippen LogP contribution in [-0.2, 0) is 0 Å². The summed E-state index contributed by atoms with van der Waals surface area (Å²) in [5.74, 6) is 0.320. The van der Waals surface area contributed by atoms with Crippen molar-refractivity contribution in [2.24, 2.45) is 0 Å². The predicted octanol–water partition coefficient (Wildman–Crippen LogP) is 4.42. The molecule has 0 aliphatic heterocycles. The maximum atomic E-state index is 9.34. The molecule has 3 aromatic rings. The molecule has 1 N–H and O–H groups in total. The molecule has 3 rings (SSSR count). The first-order chi connectivity index (χ1) is 10.7. The molecular formula is C18H15N3O. The summed E-state index contributed by atoms with van der Waals surface area (Å²) >= 11 is 0. The van der Waals surface area contributed by atoms with Crippen molar-refractivity contribution in [3.8, 4) is 6.07 Å². The summed E-state index contributed by atoms with van der Waals surface area (Å²) in [4.78, 5) is 4.34. The highest BCUT2D eigenvalue weighted by Gasteiger charge is 2.10. The number of rotatable bonds is 3. The summed E-state index contributed by atoms with van der Waals surface area (Å²) in [6.45, 7) is 4.07. The minimum absolute atomic E-state index is 0.320. The predicted molar refractivity (Wildman–Crippen MR) is 87.1 cm³/mol. The molecule has 0 aliphatic rings. The summed E-state index contributed by atoms with van der Waals surface area (Å²) in [6, 6.07) is 15.7. The fourth-order valence-corrected chi connectivity index (χ4v) is 2.25. The topological polar surface area (TPSA) is 61.9 Å². The third-order valence-corrected chi connectivity index (χ3v) is 3.40. The van der Waals surface area contributed by atoms with Crippen LogP contribution in [0.4, 0.5) is 5.69 Å². The van der Waals surface area contributed by atoms with Crippen molar-refractivity contribution in [2.75, 3.05) is 5.32 Å². The molecule has 0 spiro atoms. The highest BCUT2D eigenvalue weighted by molar-refractivity contribution is 5.80. The number of aryl methyl sites for hydroxylation is 2. The molecule has 0 saturated heterocycles. The number of para-hydroxylation sites is 2. The standard InChI is InChI=1S/C18H15N3O/c1-12-7-8-15(13(2)9-12)20-11-14(10-19)18-21-16-5-3-4-6-17(16)22-18/h3-9,11,20H,1-2H3. The van der Waals surface area contributed by atoms with E-state index >= 15 is 0 Å². The second-order valence-electron chi connectivity index (χ2n) is 5.12. The van der Waals surface area contributed by atoms with Crippen LogP contribution in [-0.4, -0.2) is 4.98 Å². The minimum Gasteiger partial charge on any atom is -0.435 e. The Morgan fingerprint density at radius 2 is 2.05 bits per heavy atom. The van der Waals surface area contributed by atoms with Crippen LogP contribution in [0.1, 0.15) is 17.0 Å². The van der Waals surface area contributed by atoms with E-state index in [2.05, 4.69) is 22.4 Å². The lowest BCUT2D eigenvalue weighted by Gasteiger charge is -2.06. The van der Waals surface area contributed by atoms with Crippen molar-refractivity contribution in [1.29, 1.82) is 5.26 Å². The van der Waals surface area contributed by atoms with Crippen molar-refractivity contribution < 1.29 is 4.42 Å². The lowest BCUT2D eigenvalue weighted by molar-refractivity contribution is 0.586. The molecule has 0 unspecified atom stereocenters. The zero-order valence-electron chi connectivity index (χ0n) is 12.4. The number of allylic oxidation sites excluding steroid dienone is 1. The van der Waals surface area contributed by atoms with Gasteiger partial charge in [-0.3, -0.25) is 0 Å². The maximum Gasteiger partial charge on any atom is 0.239 e. The summed E-state index contributed by atoms with van der Waals surface area (Å²) in [5.41, 5.74) is 5.04. The van der Waals surface area contributed by atoms with Crippen LogP contribution in [0.25, 0.3) is 16.7 Å². The van der Waals surface area contributed by atoms with Gasteiger partial charge in [0.2, 0.25) is 5.89 Å². The zero-order valence-corrected chi connectivity index (χ0v) is 12.4. The molecule has 108 valence electrons. The largest absolute Gasteiger partial charge is 0.435 e. The first kappa shape index (κ1) is 13.9. The molecule has 0 bridgehead atoms. The highest BCUT2D eigenvalue weighted by atomic mass is 16.3. The summed E-state index contributed by atoms with van der Waals surface area (Å²) in [5, 5.41) is 12.5. The van der Waals surface area contributed by atoms with E-state index in [1.807, 2.05) is 50.2 Å². The van der Waals surface area contributed by atoms with E-state index < -0.39 is 0 Å². The van der Waals surface area contributed by atoms with Crippen molar-refractivity contribution in [2.45, 2.75) is 13.8 Å². The monoisotopic (exact) mass is 289 g/mol. The van der Waals surface area contributed by atoms with Gasteiger partial charge in [0.15, 0.2) is 5.58 Å². The van der Waals surface area contributed by atoms with Gasteiger partial charge in [-0.2, -0.15) is 5.26 Å². The Bertz CT molecular complexity index is 867. The lowest BCUT2D eigenvalue weighted by atomic mass is 10.1. The summed E-state index contributed by atoms with van der Waals surface area (Å²) in [7, 11) is 0. The quantitative estimate of drug-likeness (QED) is 0.725. The summed E-state index contributed by atoms with van der Waals surface area (Å²) in [6.07, 6.45) is 1.63. The molecule has 0 saturated carbocycles. The third kappa shape index (κ3) is 2.70. The van der Waals surface area contributed by atoms with Crippen molar-refractivity contribution in [1.82, 2.24) is 4.98 Å². The number of fused-ring (bicyclic) bond motifs is 1. The van der Waals surface area contributed by atoms with Gasteiger partial charge in [-0.25, -0.2) is 4.98 Å². The second kappa shape index (κ2) is 5.74. The van der Waals surface area contributed by atoms with E-state index in [9.17, 15) is 5.26 Å². The number of nitriles is 1. The Kier molecular flexibility index (Phi) is 3.63. The molecule has 0 aliphatic carbocycles. The summed E-state index contributed by atoms with van der Waals surface area (Å²) < 4.78 is 5.62. The van der Waals surface area contributed by atoms with Gasteiger partial charge in [0.1, 0.15) is 17.2 Å². The normalized spacial score (nSPS) is 11.4. The minimum atomic E-state index is 0.320. The third-order valence-electron chi connectivity index (χ3n) is 3.40. The number of benzene rings is 2. The first-order valence-corrected chi connectivity index (χ1v) is 6.97. The molecule has 2 aromatic carbocycles. The van der Waals surface area contributed by atoms with E-state index in [4.69, 9.17) is 4.42 Å². The molecule has 1 aromatic heterocycles. The molecule has 0 atom stereocenters. The Hall–Kier alpha value is -3.06. The molecule has 1 heterocycles. The molecule has 0 radical (unpaired) electrons. The van der Waals surface area contributed by atoms with Crippen LogP contribution in [0, 0.1) is 25.2 Å². The molecular weight excluding hydrogens is 274 g/mol. The number of nitrogens with one attached hydrogen (secondary N) is 1. The fraction of sp³-hybridized carbons (Fsp3) is 0.111. The van der Waals surface area contributed by atoms with Gasteiger partial charge >= 0.3 is 0 Å². The molecule has 4 heteroatoms. The van der Waals surface area contributed by atoms with E-state index in [0.717, 1.165) is 16.8 Å². The number of aromatic nitrogens is 1. The Balaban J connectivity index is 1.91. The molecule has 0 amide bonds. The average Bonchev–Trinajstić information content (AvgIpc) is 2.93. The van der Waals surface area contributed by atoms with E-state index in [1.165, 1.54) is 5.56 Å². The molecule has 0 fully saturated rings. The van der Waals surface area contributed by atoms with E-state index in [-0.39, 0.29) is 0 Å². The van der Waals surface area contributed by atoms with Crippen LogP contribution in [0.2, 0.25) is 0 Å². The average molecular weight is 289 g/mol. The number of anilines is 1. The van der Waals surface area contributed by atoms with Crippen LogP contribution < -0.4 is 5.32 Å². The Morgan fingerprint density at radius 1 is 1.23 bits per heavy atom. The van der Waals surface area contributed by atoms with Crippen molar-refractivity contribution in [3.63, 3.8) is 0 Å². The van der Waals surface area contributed by atoms with Crippen LogP contribution in [0.15, 0.2) is 53.1 Å². The van der Waals surface area contributed by atoms with Gasteiger partial charge in [0.05, 0.1) is 0 Å². The second-order valence-corrected chi connectivity index (χ2v) is 5.12. The van der Waals surface area contributed by atoms with Crippen LogP contribution >= 0.6 is 0 Å². The Labute approximate surface area is 128 Å². The number of hydrogen-bond donors (Lipinski definition) is 1. The maximum absolute atomic E-state index is 9.34. The fourth-order valence-electron chi connectivity index (χ4n) is 2.25. The van der Waals surface area contributed by atoms with Crippen molar-refractivity contribution in [3.05, 3.63) is 65.7 Å². The van der Waals surface area contributed by atoms with Gasteiger partial charge in [0, 0.05) is 11.9 Å².